The van der Waals surface area contributed by atoms with E-state index < -0.39 is 46.9 Å². The van der Waals surface area contributed by atoms with Gasteiger partial charge in [0.25, 0.3) is 5.91 Å². The molecule has 7 nitrogen and oxygen atoms in total. The minimum Gasteiger partial charge on any atom is -0.504 e. The zero-order valence-electron chi connectivity index (χ0n) is 21.7. The molecule has 1 saturated heterocycles. The normalized spacial score (nSPS) is 30.0. The Labute approximate surface area is 228 Å². The number of hydrogen-bond acceptors (Lipinski definition) is 6. The highest BCUT2D eigenvalue weighted by Gasteiger charge is 2.75. The lowest BCUT2D eigenvalue weighted by atomic mass is 9.48. The second kappa shape index (κ2) is 8.85. The van der Waals surface area contributed by atoms with Gasteiger partial charge < -0.3 is 19.8 Å². The SMILES string of the molecule is C=CCN1CC[C@]23c4c5ccc(O)c4O[C@H]2[C@H](N(C)C(=O)C#Cc2ccc(C(F)(F)F)cc2)CC[C@@]3(O)[C@H]1C5=O. The fraction of sp³-hybridized carbons (Fsp3) is 0.400. The van der Waals surface area contributed by atoms with Crippen LogP contribution in [-0.4, -0.2) is 75.6 Å². The quantitative estimate of drug-likeness (QED) is 0.449. The van der Waals surface area contributed by atoms with Crippen molar-refractivity contribution in [2.45, 2.75) is 54.6 Å². The molecule has 40 heavy (non-hydrogen) atoms. The van der Waals surface area contributed by atoms with Gasteiger partial charge in [-0.3, -0.25) is 14.5 Å². The number of amides is 1. The Morgan fingerprint density at radius 1 is 1.25 bits per heavy atom. The van der Waals surface area contributed by atoms with Gasteiger partial charge in [0.2, 0.25) is 0 Å². The van der Waals surface area contributed by atoms with Crippen molar-refractivity contribution in [1.82, 2.24) is 9.80 Å². The number of nitrogens with zero attached hydrogens (tertiary/aromatic N) is 2. The summed E-state index contributed by atoms with van der Waals surface area (Å²) in [5.41, 5.74) is -2.18. The van der Waals surface area contributed by atoms with Gasteiger partial charge in [-0.15, -0.1) is 6.58 Å². The van der Waals surface area contributed by atoms with Crippen molar-refractivity contribution in [2.75, 3.05) is 20.1 Å². The predicted molar refractivity (Wildman–Crippen MR) is 138 cm³/mol. The zero-order valence-corrected chi connectivity index (χ0v) is 21.7. The molecule has 10 heteroatoms. The maximum Gasteiger partial charge on any atom is 0.416 e. The lowest BCUT2D eigenvalue weighted by molar-refractivity contribution is -0.185. The summed E-state index contributed by atoms with van der Waals surface area (Å²) in [5, 5.41) is 23.1. The second-order valence-electron chi connectivity index (χ2n) is 10.9. The number of hydrogen-bond donors (Lipinski definition) is 2. The van der Waals surface area contributed by atoms with Gasteiger partial charge in [0.1, 0.15) is 17.7 Å². The van der Waals surface area contributed by atoms with Gasteiger partial charge in [-0.25, -0.2) is 0 Å². The molecule has 208 valence electrons. The number of carbonyl (C=O) groups excluding carboxylic acids is 2. The van der Waals surface area contributed by atoms with Gasteiger partial charge >= 0.3 is 6.18 Å². The molecule has 2 fully saturated rings. The fourth-order valence-electron chi connectivity index (χ4n) is 7.33. The van der Waals surface area contributed by atoms with Crippen LogP contribution in [0.2, 0.25) is 0 Å². The Balaban J connectivity index is 1.36. The molecule has 2 aliphatic heterocycles. The van der Waals surface area contributed by atoms with E-state index in [2.05, 4.69) is 18.4 Å². The highest BCUT2D eigenvalue weighted by atomic mass is 19.4. The molecule has 1 saturated carbocycles. The molecule has 2 heterocycles. The van der Waals surface area contributed by atoms with Crippen LogP contribution in [-0.2, 0) is 16.4 Å². The number of likely N-dealkylation sites (tertiary alicyclic amines) is 1. The number of ether oxygens (including phenoxy) is 1. The van der Waals surface area contributed by atoms with Crippen LogP contribution >= 0.6 is 0 Å². The highest BCUT2D eigenvalue weighted by molar-refractivity contribution is 6.06. The number of rotatable bonds is 3. The van der Waals surface area contributed by atoms with E-state index in [1.807, 2.05) is 4.90 Å². The first kappa shape index (κ1) is 26.4. The third-order valence-corrected chi connectivity index (χ3v) is 9.09. The summed E-state index contributed by atoms with van der Waals surface area (Å²) in [5.74, 6) is 4.37. The molecular formula is C30H27F3N2O5. The lowest BCUT2D eigenvalue weighted by Crippen LogP contribution is -2.79. The van der Waals surface area contributed by atoms with Crippen molar-refractivity contribution in [1.29, 1.82) is 0 Å². The number of aromatic hydroxyl groups is 1. The molecule has 0 aromatic heterocycles. The monoisotopic (exact) mass is 552 g/mol. The number of alkyl halides is 3. The predicted octanol–water partition coefficient (Wildman–Crippen LogP) is 3.27. The summed E-state index contributed by atoms with van der Waals surface area (Å²) in [6, 6.07) is 5.85. The molecule has 2 aromatic rings. The van der Waals surface area contributed by atoms with E-state index in [-0.39, 0.29) is 29.3 Å². The average Bonchev–Trinajstić information content (AvgIpc) is 3.27. The van der Waals surface area contributed by atoms with Crippen molar-refractivity contribution in [2.24, 2.45) is 0 Å². The molecule has 4 aliphatic rings. The van der Waals surface area contributed by atoms with Crippen molar-refractivity contribution in [3.8, 4) is 23.3 Å². The number of piperidine rings is 1. The molecule has 2 aliphatic carbocycles. The van der Waals surface area contributed by atoms with Crippen LogP contribution in [0.4, 0.5) is 13.2 Å². The van der Waals surface area contributed by atoms with E-state index in [9.17, 15) is 33.0 Å². The minimum absolute atomic E-state index is 0.139. The van der Waals surface area contributed by atoms with Crippen LogP contribution in [0, 0.1) is 11.8 Å². The van der Waals surface area contributed by atoms with Gasteiger partial charge in [0.05, 0.1) is 17.0 Å². The van der Waals surface area contributed by atoms with E-state index in [0.29, 0.717) is 37.1 Å². The fourth-order valence-corrected chi connectivity index (χ4v) is 7.33. The summed E-state index contributed by atoms with van der Waals surface area (Å²) in [6.45, 7) is 4.70. The summed E-state index contributed by atoms with van der Waals surface area (Å²) < 4.78 is 44.9. The molecule has 1 amide bonds. The number of Topliss-reactive ketones (excluding diaryl/α,β-unsaturated/α-hetero) is 1. The molecule has 0 radical (unpaired) electrons. The van der Waals surface area contributed by atoms with Crippen molar-refractivity contribution >= 4 is 11.7 Å². The van der Waals surface area contributed by atoms with Gasteiger partial charge in [-0.05, 0) is 55.7 Å². The van der Waals surface area contributed by atoms with Gasteiger partial charge in [-0.1, -0.05) is 12.0 Å². The van der Waals surface area contributed by atoms with Crippen LogP contribution in [0.25, 0.3) is 0 Å². The van der Waals surface area contributed by atoms with E-state index in [0.717, 1.165) is 12.1 Å². The average molecular weight is 553 g/mol. The molecule has 0 unspecified atom stereocenters. The Morgan fingerprint density at radius 3 is 2.65 bits per heavy atom. The third kappa shape index (κ3) is 3.47. The van der Waals surface area contributed by atoms with E-state index >= 15 is 0 Å². The van der Waals surface area contributed by atoms with E-state index in [1.54, 1.807) is 19.2 Å². The van der Waals surface area contributed by atoms with Crippen LogP contribution < -0.4 is 4.74 Å². The van der Waals surface area contributed by atoms with Crippen molar-refractivity contribution in [3.05, 3.63) is 71.3 Å². The minimum atomic E-state index is -4.47. The van der Waals surface area contributed by atoms with Crippen molar-refractivity contribution < 1.29 is 37.7 Å². The summed E-state index contributed by atoms with van der Waals surface area (Å²) in [6.07, 6.45) is -2.57. The first-order valence-electron chi connectivity index (χ1n) is 13.0. The van der Waals surface area contributed by atoms with Gasteiger partial charge in [-0.2, -0.15) is 13.2 Å². The van der Waals surface area contributed by atoms with Crippen LogP contribution in [0.1, 0.15) is 46.3 Å². The number of ketones is 1. The maximum absolute atomic E-state index is 13.8. The Bertz CT molecular complexity index is 1490. The van der Waals surface area contributed by atoms with Crippen LogP contribution in [0.5, 0.6) is 11.5 Å². The molecule has 6 rings (SSSR count). The zero-order chi connectivity index (χ0) is 28.6. The first-order valence-corrected chi connectivity index (χ1v) is 13.0. The van der Waals surface area contributed by atoms with Gasteiger partial charge in [0.15, 0.2) is 17.3 Å². The second-order valence-corrected chi connectivity index (χ2v) is 10.9. The summed E-state index contributed by atoms with van der Waals surface area (Å²) >= 11 is 0. The molecule has 1 spiro atoms. The number of carbonyl (C=O) groups is 2. The Morgan fingerprint density at radius 2 is 1.98 bits per heavy atom. The van der Waals surface area contributed by atoms with E-state index in [4.69, 9.17) is 4.74 Å². The summed E-state index contributed by atoms with van der Waals surface area (Å²) in [4.78, 5) is 30.3. The molecular weight excluding hydrogens is 525 g/mol. The van der Waals surface area contributed by atoms with Crippen LogP contribution in [0.15, 0.2) is 49.1 Å². The molecule has 5 atom stereocenters. The first-order chi connectivity index (χ1) is 18.9. The van der Waals surface area contributed by atoms with E-state index in [1.165, 1.54) is 23.1 Å². The largest absolute Gasteiger partial charge is 0.504 e. The van der Waals surface area contributed by atoms with Crippen molar-refractivity contribution in [3.63, 3.8) is 0 Å². The maximum atomic E-state index is 13.8. The van der Waals surface area contributed by atoms with Gasteiger partial charge in [0, 0.05) is 42.7 Å². The number of likely N-dealkylation sites (N-methyl/N-ethyl adjacent to an activating group) is 1. The topological polar surface area (TPSA) is 90.3 Å². The van der Waals surface area contributed by atoms with Crippen LogP contribution in [0.3, 0.4) is 0 Å². The Hall–Kier alpha value is -3.81. The summed E-state index contributed by atoms with van der Waals surface area (Å²) in [7, 11) is 1.57. The number of halogens is 3. The smallest absolute Gasteiger partial charge is 0.416 e. The Kier molecular flexibility index (Phi) is 5.84. The lowest BCUT2D eigenvalue weighted by Gasteiger charge is -2.63. The number of phenols is 1. The molecule has 2 bridgehead atoms. The highest BCUT2D eigenvalue weighted by Crippen LogP contribution is 2.65. The number of phenolic OH excluding ortho intramolecular Hbond substituents is 1. The standard InChI is InChI=1S/C30H27F3N2O5/c1-3-15-35-16-14-28-23-19-9-10-21(36)25(23)40-27(28)20(12-13-29(28,39)26(35)24(19)38)34(2)22(37)11-6-17-4-7-18(8-5-17)30(31,32)33/h3-5,7-10,20,26-27,36,39H,1,12-16H2,2H3/t20-,26-,27+,28+,29-/m1/s1. The third-order valence-electron chi connectivity index (χ3n) is 9.09. The molecule has 2 N–H and O–H groups in total. The molecule has 2 aromatic carbocycles. The number of benzene rings is 2. The number of aliphatic hydroxyl groups is 1.